The van der Waals surface area contributed by atoms with Gasteiger partial charge in [-0.2, -0.15) is 0 Å². The van der Waals surface area contributed by atoms with Crippen molar-refractivity contribution in [3.05, 3.63) is 71.1 Å². The van der Waals surface area contributed by atoms with Crippen LogP contribution in [0.25, 0.3) is 10.1 Å². The van der Waals surface area contributed by atoms with Crippen LogP contribution in [0.1, 0.15) is 43.2 Å². The fraction of sp³-hybridized carbons (Fsp3) is 0.348. The maximum atomic E-state index is 8.65. The Labute approximate surface area is 173 Å². The van der Waals surface area contributed by atoms with E-state index < -0.39 is 0 Å². The Hall–Kier alpha value is -1.68. The molecular weight excluding hydrogens is 372 g/mol. The van der Waals surface area contributed by atoms with Crippen molar-refractivity contribution < 1.29 is 0 Å². The first-order valence-corrected chi connectivity index (χ1v) is 10.3. The van der Waals surface area contributed by atoms with E-state index in [1.807, 2.05) is 0 Å². The Morgan fingerprint density at radius 1 is 1.07 bits per heavy atom. The highest BCUT2D eigenvalue weighted by atomic mass is 35.5. The molecule has 0 aliphatic carbocycles. The zero-order valence-electron chi connectivity index (χ0n) is 16.2. The molecule has 0 radical (unpaired) electrons. The van der Waals surface area contributed by atoms with Gasteiger partial charge in [0.2, 0.25) is 0 Å². The normalized spacial score (nSPS) is 12.1. The minimum Gasteiger partial charge on any atom is -0.309 e. The summed E-state index contributed by atoms with van der Waals surface area (Å²) in [4.78, 5) is 2.37. The van der Waals surface area contributed by atoms with Crippen molar-refractivity contribution in [1.82, 2.24) is 4.90 Å². The molecule has 4 heteroatoms. The summed E-state index contributed by atoms with van der Waals surface area (Å²) in [6.07, 6.45) is 2.93. The summed E-state index contributed by atoms with van der Waals surface area (Å²) in [7, 11) is 2.18. The molecule has 0 aliphatic rings. The Balaban J connectivity index is 0.00000261. The molecule has 1 atom stereocenters. The zero-order chi connectivity index (χ0) is 18.4. The number of thiophene rings is 1. The van der Waals surface area contributed by atoms with Gasteiger partial charge in [-0.3, -0.25) is 0 Å². The van der Waals surface area contributed by atoms with Gasteiger partial charge in [0, 0.05) is 22.9 Å². The molecule has 1 aromatic heterocycles. The number of rotatable bonds is 9. The third-order valence-electron chi connectivity index (χ3n) is 4.92. The molecule has 144 valence electrons. The van der Waals surface area contributed by atoms with Gasteiger partial charge in [-0.05, 0) is 54.4 Å². The highest BCUT2D eigenvalue weighted by Crippen LogP contribution is 2.34. The smallest absolute Gasteiger partial charge is 0.0345 e. The lowest BCUT2D eigenvalue weighted by atomic mass is 9.88. The minimum absolute atomic E-state index is 0. The van der Waals surface area contributed by atoms with Crippen LogP contribution in [-0.4, -0.2) is 24.2 Å². The van der Waals surface area contributed by atoms with Gasteiger partial charge in [-0.15, -0.1) is 23.7 Å². The molecule has 3 aromatic rings. The van der Waals surface area contributed by atoms with Crippen molar-refractivity contribution in [2.45, 2.75) is 38.6 Å². The van der Waals surface area contributed by atoms with Crippen molar-refractivity contribution >= 4 is 39.5 Å². The number of halogens is 1. The molecule has 2 nitrogen and oxygen atoms in total. The quantitative estimate of drug-likeness (QED) is 0.395. The highest BCUT2D eigenvalue weighted by Gasteiger charge is 2.20. The summed E-state index contributed by atoms with van der Waals surface area (Å²) in [6, 6.07) is 19.2. The number of fused-ring (bicyclic) bond motifs is 1. The second-order valence-corrected chi connectivity index (χ2v) is 7.94. The number of hydrogen-bond donors (Lipinski definition) is 1. The van der Waals surface area contributed by atoms with Gasteiger partial charge in [0.15, 0.2) is 0 Å². The van der Waals surface area contributed by atoms with Gasteiger partial charge >= 0.3 is 0 Å². The minimum atomic E-state index is 0. The molecule has 2 aromatic carbocycles. The summed E-state index contributed by atoms with van der Waals surface area (Å²) >= 11 is 1.80. The first kappa shape index (κ1) is 21.6. The molecule has 0 saturated heterocycles. The van der Waals surface area contributed by atoms with E-state index in [1.54, 1.807) is 11.3 Å². The van der Waals surface area contributed by atoms with Crippen LogP contribution >= 0.6 is 23.7 Å². The van der Waals surface area contributed by atoms with E-state index in [2.05, 4.69) is 78.8 Å². The molecule has 0 amide bonds. The van der Waals surface area contributed by atoms with E-state index in [0.29, 0.717) is 0 Å². The van der Waals surface area contributed by atoms with Crippen molar-refractivity contribution in [2.75, 3.05) is 13.6 Å². The highest BCUT2D eigenvalue weighted by molar-refractivity contribution is 7.17. The lowest BCUT2D eigenvalue weighted by molar-refractivity contribution is 0.319. The largest absolute Gasteiger partial charge is 0.309 e. The van der Waals surface area contributed by atoms with Crippen LogP contribution in [0.3, 0.4) is 0 Å². The first-order chi connectivity index (χ1) is 12.7. The van der Waals surface area contributed by atoms with Gasteiger partial charge < -0.3 is 10.3 Å². The lowest BCUT2D eigenvalue weighted by Gasteiger charge is -2.22. The monoisotopic (exact) mass is 400 g/mol. The van der Waals surface area contributed by atoms with Crippen LogP contribution in [0, 0.1) is 5.41 Å². The number of benzene rings is 2. The second kappa shape index (κ2) is 10.6. The topological polar surface area (TPSA) is 27.1 Å². The van der Waals surface area contributed by atoms with E-state index >= 15 is 0 Å². The van der Waals surface area contributed by atoms with Crippen molar-refractivity contribution in [1.29, 1.82) is 5.41 Å². The average Bonchev–Trinajstić information content (AvgIpc) is 3.07. The van der Waals surface area contributed by atoms with Crippen LogP contribution in [0.2, 0.25) is 0 Å². The van der Waals surface area contributed by atoms with Gasteiger partial charge in [-0.1, -0.05) is 61.9 Å². The van der Waals surface area contributed by atoms with Gasteiger partial charge in [0.05, 0.1) is 0 Å². The lowest BCUT2D eigenvalue weighted by Crippen LogP contribution is -2.23. The molecule has 0 bridgehead atoms. The van der Waals surface area contributed by atoms with Crippen molar-refractivity contribution in [3.8, 4) is 0 Å². The maximum Gasteiger partial charge on any atom is 0.0345 e. The first-order valence-electron chi connectivity index (χ1n) is 9.45. The molecule has 3 rings (SSSR count). The molecule has 1 unspecified atom stereocenters. The van der Waals surface area contributed by atoms with Crippen LogP contribution in [0.15, 0.2) is 60.0 Å². The zero-order valence-corrected chi connectivity index (χ0v) is 17.8. The Morgan fingerprint density at radius 2 is 1.78 bits per heavy atom. The molecule has 0 spiro atoms. The van der Waals surface area contributed by atoms with Crippen LogP contribution in [0.5, 0.6) is 0 Å². The maximum absolute atomic E-state index is 8.65. The van der Waals surface area contributed by atoms with E-state index in [1.165, 1.54) is 21.2 Å². The van der Waals surface area contributed by atoms with E-state index in [4.69, 9.17) is 5.41 Å². The third kappa shape index (κ3) is 5.65. The third-order valence-corrected chi connectivity index (χ3v) is 5.90. The SMILES string of the molecule is CCCC(=N)C(CCN(C)Cc1ccccc1)c1csc2ccccc12.Cl. The Morgan fingerprint density at radius 3 is 2.52 bits per heavy atom. The molecule has 27 heavy (non-hydrogen) atoms. The predicted molar refractivity (Wildman–Crippen MR) is 122 cm³/mol. The van der Waals surface area contributed by atoms with Crippen molar-refractivity contribution in [2.24, 2.45) is 0 Å². The summed E-state index contributed by atoms with van der Waals surface area (Å²) in [5.74, 6) is 0.226. The molecule has 0 aliphatic heterocycles. The Kier molecular flexibility index (Phi) is 8.49. The van der Waals surface area contributed by atoms with E-state index in [-0.39, 0.29) is 18.3 Å². The Bertz CT molecular complexity index is 844. The van der Waals surface area contributed by atoms with Gasteiger partial charge in [-0.25, -0.2) is 0 Å². The van der Waals surface area contributed by atoms with E-state index in [9.17, 15) is 0 Å². The number of nitrogens with one attached hydrogen (secondary N) is 1. The van der Waals surface area contributed by atoms with Gasteiger partial charge in [0.25, 0.3) is 0 Å². The van der Waals surface area contributed by atoms with Crippen molar-refractivity contribution in [3.63, 3.8) is 0 Å². The fourth-order valence-corrected chi connectivity index (χ4v) is 4.57. The van der Waals surface area contributed by atoms with Crippen LogP contribution < -0.4 is 0 Å². The van der Waals surface area contributed by atoms with Crippen LogP contribution in [0.4, 0.5) is 0 Å². The average molecular weight is 401 g/mol. The molecule has 0 saturated carbocycles. The summed E-state index contributed by atoms with van der Waals surface area (Å²) < 4.78 is 1.33. The number of hydrogen-bond acceptors (Lipinski definition) is 3. The standard InChI is InChI=1S/C23H28N2S.ClH/c1-3-9-22(24)19(21-17-26-23-13-8-7-12-20(21)23)14-15-25(2)16-18-10-5-4-6-11-18;/h4-8,10-13,17,19,24H,3,9,14-16H2,1-2H3;1H. The summed E-state index contributed by atoms with van der Waals surface area (Å²) in [5, 5.41) is 12.3. The number of nitrogens with zero attached hydrogens (tertiary/aromatic N) is 1. The van der Waals surface area contributed by atoms with Crippen LogP contribution in [-0.2, 0) is 6.54 Å². The molecule has 0 fully saturated rings. The summed E-state index contributed by atoms with van der Waals surface area (Å²) in [6.45, 7) is 4.12. The molecule has 1 N–H and O–H groups in total. The molecule has 1 heterocycles. The van der Waals surface area contributed by atoms with E-state index in [0.717, 1.165) is 38.1 Å². The second-order valence-electron chi connectivity index (χ2n) is 7.03. The predicted octanol–water partition coefficient (Wildman–Crippen LogP) is 6.75. The molecular formula is C23H29ClN2S. The summed E-state index contributed by atoms with van der Waals surface area (Å²) in [5.41, 5.74) is 3.57. The fourth-order valence-electron chi connectivity index (χ4n) is 3.55. The van der Waals surface area contributed by atoms with Gasteiger partial charge in [0.1, 0.15) is 0 Å².